The van der Waals surface area contributed by atoms with Crippen LogP contribution in [0.25, 0.3) is 11.3 Å². The Hall–Kier alpha value is -2.07. The van der Waals surface area contributed by atoms with Crippen molar-refractivity contribution in [2.45, 2.75) is 33.4 Å². The number of carbonyl (C=O) groups is 1. The van der Waals surface area contributed by atoms with Crippen LogP contribution >= 0.6 is 0 Å². The highest BCUT2D eigenvalue weighted by molar-refractivity contribution is 5.73. The second-order valence-corrected chi connectivity index (χ2v) is 5.57. The van der Waals surface area contributed by atoms with E-state index in [2.05, 4.69) is 5.32 Å². The molecule has 0 saturated carbocycles. The molecule has 0 radical (unpaired) electrons. The second kappa shape index (κ2) is 6.59. The van der Waals surface area contributed by atoms with Gasteiger partial charge in [0, 0.05) is 5.56 Å². The Morgan fingerprint density at radius 1 is 1.19 bits per heavy atom. The molecule has 21 heavy (non-hydrogen) atoms. The molecule has 1 aromatic heterocycles. The van der Waals surface area contributed by atoms with Crippen molar-refractivity contribution in [1.29, 1.82) is 0 Å². The van der Waals surface area contributed by atoms with Crippen LogP contribution in [0.1, 0.15) is 25.2 Å². The fraction of sp³-hybridized carbons (Fsp3) is 0.353. The van der Waals surface area contributed by atoms with Crippen LogP contribution in [-0.4, -0.2) is 17.1 Å². The average Bonchev–Trinajstić information content (AvgIpc) is 2.87. The summed E-state index contributed by atoms with van der Waals surface area (Å²) in [5.41, 5.74) is 2.22. The lowest BCUT2D eigenvalue weighted by molar-refractivity contribution is -0.140. The van der Waals surface area contributed by atoms with Crippen LogP contribution in [-0.2, 0) is 11.3 Å². The third kappa shape index (κ3) is 3.95. The molecule has 0 saturated heterocycles. The smallest absolute Gasteiger partial charge is 0.320 e. The molecule has 0 fully saturated rings. The predicted octanol–water partition coefficient (Wildman–Crippen LogP) is 3.45. The van der Waals surface area contributed by atoms with Crippen LogP contribution in [0.15, 0.2) is 40.8 Å². The summed E-state index contributed by atoms with van der Waals surface area (Å²) >= 11 is 0. The van der Waals surface area contributed by atoms with E-state index in [4.69, 9.17) is 9.52 Å². The van der Waals surface area contributed by atoms with Gasteiger partial charge in [-0.2, -0.15) is 0 Å². The maximum atomic E-state index is 11.1. The van der Waals surface area contributed by atoms with E-state index >= 15 is 0 Å². The predicted molar refractivity (Wildman–Crippen MR) is 82.0 cm³/mol. The van der Waals surface area contributed by atoms with Crippen molar-refractivity contribution in [1.82, 2.24) is 5.32 Å². The van der Waals surface area contributed by atoms with Crippen LogP contribution in [0.4, 0.5) is 0 Å². The molecule has 0 aliphatic carbocycles. The van der Waals surface area contributed by atoms with Crippen LogP contribution in [0, 0.1) is 12.8 Å². The van der Waals surface area contributed by atoms with E-state index in [1.54, 1.807) is 0 Å². The molecule has 0 bridgehead atoms. The molecule has 1 aromatic carbocycles. The summed E-state index contributed by atoms with van der Waals surface area (Å²) in [6.07, 6.45) is 0. The molecule has 112 valence electrons. The molecule has 0 spiro atoms. The molecule has 2 aromatic rings. The van der Waals surface area contributed by atoms with Gasteiger partial charge in [-0.05, 0) is 25.0 Å². The Morgan fingerprint density at radius 2 is 1.86 bits per heavy atom. The van der Waals surface area contributed by atoms with E-state index in [1.165, 1.54) is 5.56 Å². The van der Waals surface area contributed by atoms with Crippen molar-refractivity contribution in [3.63, 3.8) is 0 Å². The number of hydrogen-bond donors (Lipinski definition) is 2. The quantitative estimate of drug-likeness (QED) is 0.854. The Labute approximate surface area is 124 Å². The number of furan rings is 1. The third-order valence-corrected chi connectivity index (χ3v) is 3.43. The van der Waals surface area contributed by atoms with E-state index in [-0.39, 0.29) is 5.92 Å². The zero-order valence-corrected chi connectivity index (χ0v) is 12.6. The zero-order valence-electron chi connectivity index (χ0n) is 12.6. The summed E-state index contributed by atoms with van der Waals surface area (Å²) in [5, 5.41) is 12.2. The zero-order chi connectivity index (χ0) is 15.4. The number of carboxylic acid groups (broad SMARTS) is 1. The van der Waals surface area contributed by atoms with Crippen molar-refractivity contribution >= 4 is 5.97 Å². The number of hydrogen-bond acceptors (Lipinski definition) is 3. The van der Waals surface area contributed by atoms with Crippen LogP contribution in [0.5, 0.6) is 0 Å². The van der Waals surface area contributed by atoms with Gasteiger partial charge in [-0.3, -0.25) is 10.1 Å². The number of carboxylic acids is 1. The molecule has 1 heterocycles. The summed E-state index contributed by atoms with van der Waals surface area (Å²) in [6, 6.07) is 11.3. The maximum Gasteiger partial charge on any atom is 0.320 e. The van der Waals surface area contributed by atoms with E-state index in [0.717, 1.165) is 17.1 Å². The average molecular weight is 287 g/mol. The highest BCUT2D eigenvalue weighted by atomic mass is 16.4. The second-order valence-electron chi connectivity index (χ2n) is 5.57. The van der Waals surface area contributed by atoms with Crippen molar-refractivity contribution in [2.75, 3.05) is 0 Å². The first-order valence-electron chi connectivity index (χ1n) is 7.09. The summed E-state index contributed by atoms with van der Waals surface area (Å²) in [6.45, 7) is 6.21. The lowest BCUT2D eigenvalue weighted by Crippen LogP contribution is -2.40. The lowest BCUT2D eigenvalue weighted by Gasteiger charge is -2.16. The van der Waals surface area contributed by atoms with Crippen molar-refractivity contribution in [3.8, 4) is 11.3 Å². The number of rotatable bonds is 6. The summed E-state index contributed by atoms with van der Waals surface area (Å²) in [4.78, 5) is 11.1. The van der Waals surface area contributed by atoms with E-state index in [1.807, 2.05) is 57.2 Å². The first-order valence-corrected chi connectivity index (χ1v) is 7.09. The van der Waals surface area contributed by atoms with Gasteiger partial charge < -0.3 is 9.52 Å². The van der Waals surface area contributed by atoms with E-state index < -0.39 is 12.0 Å². The Bertz CT molecular complexity index is 599. The van der Waals surface area contributed by atoms with Gasteiger partial charge in [0.15, 0.2) is 0 Å². The highest BCUT2D eigenvalue weighted by Gasteiger charge is 2.20. The van der Waals surface area contributed by atoms with Crippen molar-refractivity contribution in [3.05, 3.63) is 47.7 Å². The highest BCUT2D eigenvalue weighted by Crippen LogP contribution is 2.22. The largest absolute Gasteiger partial charge is 0.480 e. The standard InChI is InChI=1S/C17H21NO3/c1-11(2)16(17(19)20)18-10-14-8-9-15(21-14)13-6-4-12(3)5-7-13/h4-9,11,16,18H,10H2,1-3H3,(H,19,20)/t16-/m0/s1. The van der Waals surface area contributed by atoms with Crippen molar-refractivity contribution < 1.29 is 14.3 Å². The van der Waals surface area contributed by atoms with Crippen LogP contribution in [0.2, 0.25) is 0 Å². The van der Waals surface area contributed by atoms with Gasteiger partial charge in [0.05, 0.1) is 6.54 Å². The minimum atomic E-state index is -0.838. The number of nitrogens with one attached hydrogen (secondary N) is 1. The fourth-order valence-corrected chi connectivity index (χ4v) is 2.16. The molecule has 0 amide bonds. The molecule has 1 atom stereocenters. The number of aliphatic carboxylic acids is 1. The SMILES string of the molecule is Cc1ccc(-c2ccc(CN[C@H](C(=O)O)C(C)C)o2)cc1. The molecule has 2 N–H and O–H groups in total. The minimum Gasteiger partial charge on any atom is -0.480 e. The topological polar surface area (TPSA) is 62.5 Å². The summed E-state index contributed by atoms with van der Waals surface area (Å²) in [5.74, 6) is 0.713. The Morgan fingerprint density at radius 3 is 2.43 bits per heavy atom. The van der Waals surface area contributed by atoms with Gasteiger partial charge in [0.25, 0.3) is 0 Å². The molecule has 4 heteroatoms. The van der Waals surface area contributed by atoms with Gasteiger partial charge in [-0.1, -0.05) is 43.7 Å². The first kappa shape index (κ1) is 15.3. The van der Waals surface area contributed by atoms with Crippen LogP contribution in [0.3, 0.4) is 0 Å². The maximum absolute atomic E-state index is 11.1. The number of benzene rings is 1. The van der Waals surface area contributed by atoms with Crippen molar-refractivity contribution in [2.24, 2.45) is 5.92 Å². The van der Waals surface area contributed by atoms with Gasteiger partial charge in [-0.15, -0.1) is 0 Å². The molecule has 4 nitrogen and oxygen atoms in total. The molecule has 2 rings (SSSR count). The minimum absolute atomic E-state index is 0.0223. The summed E-state index contributed by atoms with van der Waals surface area (Å²) in [7, 11) is 0. The first-order chi connectivity index (χ1) is 9.97. The molecule has 0 unspecified atom stereocenters. The van der Waals surface area contributed by atoms with E-state index in [9.17, 15) is 4.79 Å². The molecule has 0 aliphatic heterocycles. The fourth-order valence-electron chi connectivity index (χ4n) is 2.16. The van der Waals surface area contributed by atoms with Gasteiger partial charge >= 0.3 is 5.97 Å². The van der Waals surface area contributed by atoms with Gasteiger partial charge in [0.1, 0.15) is 17.6 Å². The third-order valence-electron chi connectivity index (χ3n) is 3.43. The Kier molecular flexibility index (Phi) is 4.81. The Balaban J connectivity index is 2.03. The van der Waals surface area contributed by atoms with Gasteiger partial charge in [0.2, 0.25) is 0 Å². The van der Waals surface area contributed by atoms with E-state index in [0.29, 0.717) is 6.54 Å². The van der Waals surface area contributed by atoms with Crippen LogP contribution < -0.4 is 5.32 Å². The molecular weight excluding hydrogens is 266 g/mol. The lowest BCUT2D eigenvalue weighted by atomic mass is 10.1. The summed E-state index contributed by atoms with van der Waals surface area (Å²) < 4.78 is 5.76. The molecular formula is C17H21NO3. The molecule has 0 aliphatic rings. The number of aryl methyl sites for hydroxylation is 1. The van der Waals surface area contributed by atoms with Gasteiger partial charge in [-0.25, -0.2) is 0 Å². The normalized spacial score (nSPS) is 12.6. The monoisotopic (exact) mass is 287 g/mol.